The molecular weight excluding hydrogens is 288 g/mol. The zero-order chi connectivity index (χ0) is 15.6. The third-order valence-corrected chi connectivity index (χ3v) is 4.13. The second-order valence-electron chi connectivity index (χ2n) is 5.01. The molecule has 0 atom stereocenters. The van der Waals surface area contributed by atoms with Crippen LogP contribution in [0.15, 0.2) is 23.6 Å². The minimum absolute atomic E-state index is 0.136. The number of nitrogens with one attached hydrogen (secondary N) is 1. The van der Waals surface area contributed by atoms with E-state index in [0.29, 0.717) is 11.4 Å². The molecule has 5 nitrogen and oxygen atoms in total. The highest BCUT2D eigenvalue weighted by Crippen LogP contribution is 2.21. The first-order valence-corrected chi connectivity index (χ1v) is 7.37. The van der Waals surface area contributed by atoms with Crippen LogP contribution in [0.3, 0.4) is 0 Å². The monoisotopic (exact) mass is 304 g/mol. The summed E-state index contributed by atoms with van der Waals surface area (Å²) in [5.41, 5.74) is 1.77. The molecule has 1 heterocycles. The standard InChI is InChI=1S/C15H16N2O3S/c1-8(2)14-17-12(7-21-14)13(18)16-11-6-10(15(19)20)5-4-9(11)3/h4-8H,1-3H3,(H,16,18)(H,19,20). The van der Waals surface area contributed by atoms with Crippen LogP contribution in [-0.4, -0.2) is 22.0 Å². The Morgan fingerprint density at radius 3 is 2.62 bits per heavy atom. The number of benzene rings is 1. The van der Waals surface area contributed by atoms with Crippen LogP contribution < -0.4 is 5.32 Å². The number of aromatic carboxylic acids is 1. The quantitative estimate of drug-likeness (QED) is 0.905. The van der Waals surface area contributed by atoms with Crippen LogP contribution in [0, 0.1) is 6.92 Å². The van der Waals surface area contributed by atoms with Gasteiger partial charge in [0.25, 0.3) is 5.91 Å². The average Bonchev–Trinajstić information content (AvgIpc) is 2.90. The molecule has 2 aromatic rings. The van der Waals surface area contributed by atoms with Gasteiger partial charge in [0.05, 0.1) is 10.6 Å². The number of carbonyl (C=O) groups is 2. The van der Waals surface area contributed by atoms with Gasteiger partial charge in [-0.05, 0) is 24.6 Å². The van der Waals surface area contributed by atoms with Gasteiger partial charge in [0.2, 0.25) is 0 Å². The molecule has 0 saturated heterocycles. The Bertz CT molecular complexity index is 692. The average molecular weight is 304 g/mol. The first-order chi connectivity index (χ1) is 9.88. The van der Waals surface area contributed by atoms with E-state index in [1.165, 1.54) is 23.5 Å². The Morgan fingerprint density at radius 1 is 1.33 bits per heavy atom. The minimum atomic E-state index is -1.03. The van der Waals surface area contributed by atoms with E-state index in [2.05, 4.69) is 10.3 Å². The van der Waals surface area contributed by atoms with Crippen molar-refractivity contribution in [2.24, 2.45) is 0 Å². The number of carboxylic acid groups (broad SMARTS) is 1. The minimum Gasteiger partial charge on any atom is -0.478 e. The fourth-order valence-electron chi connectivity index (χ4n) is 1.73. The maximum atomic E-state index is 12.2. The lowest BCUT2D eigenvalue weighted by molar-refractivity contribution is 0.0696. The summed E-state index contributed by atoms with van der Waals surface area (Å²) >= 11 is 1.44. The lowest BCUT2D eigenvalue weighted by atomic mass is 10.1. The third kappa shape index (κ3) is 3.46. The molecule has 110 valence electrons. The SMILES string of the molecule is Cc1ccc(C(=O)O)cc1NC(=O)c1csc(C(C)C)n1. The Labute approximate surface area is 126 Å². The Balaban J connectivity index is 2.22. The topological polar surface area (TPSA) is 79.3 Å². The Hall–Kier alpha value is -2.21. The molecular formula is C15H16N2O3S. The van der Waals surface area contributed by atoms with Crippen molar-refractivity contribution in [1.29, 1.82) is 0 Å². The first-order valence-electron chi connectivity index (χ1n) is 6.49. The number of hydrogen-bond donors (Lipinski definition) is 2. The zero-order valence-electron chi connectivity index (χ0n) is 12.0. The smallest absolute Gasteiger partial charge is 0.335 e. The van der Waals surface area contributed by atoms with E-state index in [-0.39, 0.29) is 17.4 Å². The van der Waals surface area contributed by atoms with Gasteiger partial charge in [0.15, 0.2) is 0 Å². The molecule has 0 saturated carbocycles. The molecule has 21 heavy (non-hydrogen) atoms. The van der Waals surface area contributed by atoms with Crippen molar-refractivity contribution in [2.45, 2.75) is 26.7 Å². The van der Waals surface area contributed by atoms with Crippen molar-refractivity contribution in [3.05, 3.63) is 45.4 Å². The number of thiazole rings is 1. The zero-order valence-corrected chi connectivity index (χ0v) is 12.8. The molecule has 0 aliphatic heterocycles. The molecule has 2 rings (SSSR count). The second-order valence-corrected chi connectivity index (χ2v) is 5.90. The van der Waals surface area contributed by atoms with Gasteiger partial charge in [-0.2, -0.15) is 0 Å². The van der Waals surface area contributed by atoms with Gasteiger partial charge >= 0.3 is 5.97 Å². The van der Waals surface area contributed by atoms with Gasteiger partial charge in [-0.3, -0.25) is 4.79 Å². The number of nitrogens with zero attached hydrogens (tertiary/aromatic N) is 1. The van der Waals surface area contributed by atoms with E-state index in [9.17, 15) is 9.59 Å². The van der Waals surface area contributed by atoms with Crippen molar-refractivity contribution in [3.8, 4) is 0 Å². The third-order valence-electron chi connectivity index (χ3n) is 2.98. The van der Waals surface area contributed by atoms with Gasteiger partial charge in [-0.25, -0.2) is 9.78 Å². The van der Waals surface area contributed by atoms with E-state index < -0.39 is 5.97 Å². The predicted octanol–water partition coefficient (Wildman–Crippen LogP) is 3.53. The lowest BCUT2D eigenvalue weighted by Gasteiger charge is -2.08. The van der Waals surface area contributed by atoms with Gasteiger partial charge in [0.1, 0.15) is 5.69 Å². The summed E-state index contributed by atoms with van der Waals surface area (Å²) in [5.74, 6) is -1.08. The van der Waals surface area contributed by atoms with Crippen LogP contribution in [0.5, 0.6) is 0 Å². The second kappa shape index (κ2) is 6.05. The van der Waals surface area contributed by atoms with Gasteiger partial charge in [-0.15, -0.1) is 11.3 Å². The largest absolute Gasteiger partial charge is 0.478 e. The number of carboxylic acids is 1. The van der Waals surface area contributed by atoms with Crippen molar-refractivity contribution in [3.63, 3.8) is 0 Å². The molecule has 0 bridgehead atoms. The Kier molecular flexibility index (Phi) is 4.37. The molecule has 0 radical (unpaired) electrons. The summed E-state index contributed by atoms with van der Waals surface area (Å²) in [4.78, 5) is 27.4. The molecule has 0 aliphatic rings. The molecule has 6 heteroatoms. The summed E-state index contributed by atoms with van der Waals surface area (Å²) in [6.45, 7) is 5.84. The fourth-order valence-corrected chi connectivity index (χ4v) is 2.55. The van der Waals surface area contributed by atoms with Crippen LogP contribution in [0.25, 0.3) is 0 Å². The van der Waals surface area contributed by atoms with Gasteiger partial charge in [-0.1, -0.05) is 19.9 Å². The maximum Gasteiger partial charge on any atom is 0.335 e. The fraction of sp³-hybridized carbons (Fsp3) is 0.267. The van der Waals surface area contributed by atoms with Crippen LogP contribution in [0.1, 0.15) is 51.2 Å². The number of anilines is 1. The molecule has 0 fully saturated rings. The molecule has 0 spiro atoms. The summed E-state index contributed by atoms with van der Waals surface area (Å²) in [6.07, 6.45) is 0. The van der Waals surface area contributed by atoms with E-state index >= 15 is 0 Å². The normalized spacial score (nSPS) is 10.7. The van der Waals surface area contributed by atoms with E-state index in [1.54, 1.807) is 11.4 Å². The summed E-state index contributed by atoms with van der Waals surface area (Å²) in [7, 11) is 0. The number of aromatic nitrogens is 1. The lowest BCUT2D eigenvalue weighted by Crippen LogP contribution is -2.14. The van der Waals surface area contributed by atoms with E-state index in [4.69, 9.17) is 5.11 Å². The summed E-state index contributed by atoms with van der Waals surface area (Å²) < 4.78 is 0. The predicted molar refractivity (Wildman–Crippen MR) is 82.3 cm³/mol. The van der Waals surface area contributed by atoms with Crippen molar-refractivity contribution >= 4 is 28.9 Å². The molecule has 1 aromatic carbocycles. The Morgan fingerprint density at radius 2 is 2.05 bits per heavy atom. The van der Waals surface area contributed by atoms with Crippen LogP contribution in [0.4, 0.5) is 5.69 Å². The molecule has 2 N–H and O–H groups in total. The highest BCUT2D eigenvalue weighted by Gasteiger charge is 2.14. The molecule has 1 amide bonds. The van der Waals surface area contributed by atoms with Crippen molar-refractivity contribution < 1.29 is 14.7 Å². The highest BCUT2D eigenvalue weighted by molar-refractivity contribution is 7.09. The van der Waals surface area contributed by atoms with E-state index in [0.717, 1.165) is 10.6 Å². The van der Waals surface area contributed by atoms with E-state index in [1.807, 2.05) is 20.8 Å². The molecule has 0 unspecified atom stereocenters. The van der Waals surface area contributed by atoms with Gasteiger partial charge < -0.3 is 10.4 Å². The van der Waals surface area contributed by atoms with Crippen LogP contribution in [-0.2, 0) is 0 Å². The number of carbonyl (C=O) groups excluding carboxylic acids is 1. The summed E-state index contributed by atoms with van der Waals surface area (Å²) in [6, 6.07) is 4.62. The maximum absolute atomic E-state index is 12.2. The molecule has 0 aliphatic carbocycles. The highest BCUT2D eigenvalue weighted by atomic mass is 32.1. The number of hydrogen-bond acceptors (Lipinski definition) is 4. The number of aryl methyl sites for hydroxylation is 1. The number of amides is 1. The van der Waals surface area contributed by atoms with Crippen molar-refractivity contribution in [1.82, 2.24) is 4.98 Å². The molecule has 1 aromatic heterocycles. The van der Waals surface area contributed by atoms with Crippen LogP contribution in [0.2, 0.25) is 0 Å². The number of rotatable bonds is 4. The van der Waals surface area contributed by atoms with Crippen LogP contribution >= 0.6 is 11.3 Å². The van der Waals surface area contributed by atoms with Crippen molar-refractivity contribution in [2.75, 3.05) is 5.32 Å². The first kappa shape index (κ1) is 15.2. The summed E-state index contributed by atoms with van der Waals surface area (Å²) in [5, 5.41) is 14.3. The van der Waals surface area contributed by atoms with Gasteiger partial charge in [0, 0.05) is 17.0 Å².